The Bertz CT molecular complexity index is 747. The Balaban J connectivity index is 1.79. The number of aromatic nitrogens is 4. The number of carbonyl (C=O) groups excluding carboxylic acids is 1. The van der Waals surface area contributed by atoms with Gasteiger partial charge in [0.15, 0.2) is 5.82 Å². The van der Waals surface area contributed by atoms with Crippen LogP contribution in [0.4, 0.5) is 11.6 Å². The fourth-order valence-electron chi connectivity index (χ4n) is 2.61. The number of carbonyl (C=O) groups is 1. The molecule has 0 aliphatic carbocycles. The molecule has 1 atom stereocenters. The summed E-state index contributed by atoms with van der Waals surface area (Å²) < 4.78 is 6.69. The second-order valence-corrected chi connectivity index (χ2v) is 5.70. The van der Waals surface area contributed by atoms with E-state index in [0.717, 1.165) is 11.5 Å². The predicted molar refractivity (Wildman–Crippen MR) is 85.9 cm³/mol. The molecule has 1 saturated heterocycles. The second kappa shape index (κ2) is 6.04. The smallest absolute Gasteiger partial charge is 0.318 e. The van der Waals surface area contributed by atoms with E-state index >= 15 is 0 Å². The fraction of sp³-hybridized carbons (Fsp3) is 0.429. The summed E-state index contributed by atoms with van der Waals surface area (Å²) >= 11 is 6.08. The number of ether oxygens (including phenoxy) is 1. The quantitative estimate of drug-likeness (QED) is 0.908. The van der Waals surface area contributed by atoms with Crippen LogP contribution < -0.4 is 15.0 Å². The maximum Gasteiger partial charge on any atom is 0.318 e. The highest BCUT2D eigenvalue weighted by Crippen LogP contribution is 2.26. The molecule has 0 saturated carbocycles. The normalized spacial score (nSPS) is 17.7. The molecule has 0 unspecified atom stereocenters. The van der Waals surface area contributed by atoms with Crippen LogP contribution in [0.25, 0.3) is 0 Å². The number of hydrogen-bond donors (Lipinski definition) is 1. The Morgan fingerprint density at radius 1 is 1.48 bits per heavy atom. The lowest BCUT2D eigenvalue weighted by Gasteiger charge is -2.17. The third kappa shape index (κ3) is 2.94. The van der Waals surface area contributed by atoms with Crippen molar-refractivity contribution in [2.24, 2.45) is 7.05 Å². The minimum Gasteiger partial charge on any atom is -0.467 e. The van der Waals surface area contributed by atoms with Gasteiger partial charge in [-0.3, -0.25) is 14.4 Å². The zero-order chi connectivity index (χ0) is 16.6. The molecule has 1 fully saturated rings. The summed E-state index contributed by atoms with van der Waals surface area (Å²) in [6.07, 6.45) is 2.09. The predicted octanol–water partition coefficient (Wildman–Crippen LogP) is 1.40. The van der Waals surface area contributed by atoms with Gasteiger partial charge in [-0.1, -0.05) is 11.6 Å². The third-order valence-electron chi connectivity index (χ3n) is 3.67. The summed E-state index contributed by atoms with van der Waals surface area (Å²) in [5.74, 6) is 1.13. The van der Waals surface area contributed by atoms with Gasteiger partial charge in [0.2, 0.25) is 0 Å². The molecule has 1 aliphatic rings. The second-order valence-electron chi connectivity index (χ2n) is 5.30. The molecule has 8 nitrogen and oxygen atoms in total. The van der Waals surface area contributed by atoms with E-state index in [1.54, 1.807) is 9.58 Å². The first-order valence-electron chi connectivity index (χ1n) is 7.14. The Morgan fingerprint density at radius 2 is 2.26 bits per heavy atom. The number of nitrogens with zero attached hydrogens (tertiary/aromatic N) is 5. The minimum atomic E-state index is -0.401. The number of anilines is 2. The first-order valence-corrected chi connectivity index (χ1v) is 7.52. The lowest BCUT2D eigenvalue weighted by molar-refractivity contribution is -0.117. The molecule has 1 amide bonds. The van der Waals surface area contributed by atoms with E-state index in [-0.39, 0.29) is 11.9 Å². The van der Waals surface area contributed by atoms with Crippen molar-refractivity contribution in [1.82, 2.24) is 19.7 Å². The molecule has 0 spiro atoms. The average molecular weight is 337 g/mol. The summed E-state index contributed by atoms with van der Waals surface area (Å²) in [7, 11) is 3.29. The SMILES string of the molecule is COc1ncc(Cl)c(N[C@H]2CCN(c3cc(C)nn3C)C2=O)n1. The van der Waals surface area contributed by atoms with Crippen LogP contribution in [0.2, 0.25) is 5.02 Å². The van der Waals surface area contributed by atoms with Gasteiger partial charge >= 0.3 is 6.01 Å². The monoisotopic (exact) mass is 336 g/mol. The molecule has 122 valence electrons. The molecule has 23 heavy (non-hydrogen) atoms. The van der Waals surface area contributed by atoms with E-state index in [1.165, 1.54) is 13.3 Å². The molecule has 0 bridgehead atoms. The maximum absolute atomic E-state index is 12.6. The molecule has 3 rings (SSSR count). The number of hydrogen-bond acceptors (Lipinski definition) is 6. The standard InChI is InChI=1S/C14H17ClN6O2/c1-8-6-11(20(2)19-8)21-5-4-10(13(21)22)17-12-9(15)7-16-14(18-12)23-3/h6-7,10H,4-5H2,1-3H3,(H,16,17,18)/t10-/m0/s1. The van der Waals surface area contributed by atoms with Crippen molar-refractivity contribution >= 4 is 29.1 Å². The summed E-state index contributed by atoms with van der Waals surface area (Å²) in [5, 5.41) is 7.70. The van der Waals surface area contributed by atoms with Gasteiger partial charge in [-0.05, 0) is 13.3 Å². The van der Waals surface area contributed by atoms with E-state index in [9.17, 15) is 4.79 Å². The number of methoxy groups -OCH3 is 1. The lowest BCUT2D eigenvalue weighted by Crippen LogP contribution is -2.34. The largest absolute Gasteiger partial charge is 0.467 e. The molecule has 0 aromatic carbocycles. The van der Waals surface area contributed by atoms with Crippen LogP contribution in [0, 0.1) is 6.92 Å². The first-order chi connectivity index (χ1) is 11.0. The number of halogens is 1. The van der Waals surface area contributed by atoms with Gasteiger partial charge in [-0.25, -0.2) is 4.98 Å². The Morgan fingerprint density at radius 3 is 2.91 bits per heavy atom. The molecule has 0 radical (unpaired) electrons. The van der Waals surface area contributed by atoms with Crippen molar-refractivity contribution in [3.05, 3.63) is 23.0 Å². The van der Waals surface area contributed by atoms with Crippen LogP contribution in [0.3, 0.4) is 0 Å². The highest BCUT2D eigenvalue weighted by atomic mass is 35.5. The molecule has 9 heteroatoms. The van der Waals surface area contributed by atoms with Gasteiger partial charge in [0, 0.05) is 19.7 Å². The topological polar surface area (TPSA) is 85.2 Å². The van der Waals surface area contributed by atoms with E-state index in [4.69, 9.17) is 16.3 Å². The number of rotatable bonds is 4. The number of nitrogens with one attached hydrogen (secondary N) is 1. The van der Waals surface area contributed by atoms with Gasteiger partial charge in [0.05, 0.1) is 19.0 Å². The fourth-order valence-corrected chi connectivity index (χ4v) is 2.75. The average Bonchev–Trinajstić information content (AvgIpc) is 3.04. The molecule has 2 aromatic rings. The lowest BCUT2D eigenvalue weighted by atomic mass is 10.2. The van der Waals surface area contributed by atoms with Crippen molar-refractivity contribution in [3.8, 4) is 6.01 Å². The van der Waals surface area contributed by atoms with Crippen LogP contribution in [0.15, 0.2) is 12.3 Å². The minimum absolute atomic E-state index is 0.0401. The van der Waals surface area contributed by atoms with Gasteiger partial charge in [0.25, 0.3) is 5.91 Å². The zero-order valence-corrected chi connectivity index (χ0v) is 13.8. The van der Waals surface area contributed by atoms with Gasteiger partial charge in [-0.15, -0.1) is 0 Å². The number of amides is 1. The van der Waals surface area contributed by atoms with Crippen LogP contribution in [0.1, 0.15) is 12.1 Å². The first kappa shape index (κ1) is 15.5. The molecule has 2 aromatic heterocycles. The zero-order valence-electron chi connectivity index (χ0n) is 13.1. The van der Waals surface area contributed by atoms with Gasteiger partial charge < -0.3 is 10.1 Å². The van der Waals surface area contributed by atoms with E-state index in [0.29, 0.717) is 23.8 Å². The molecule has 3 heterocycles. The molecule has 1 aliphatic heterocycles. The molecular formula is C14H17ClN6O2. The van der Waals surface area contributed by atoms with Crippen LogP contribution in [-0.2, 0) is 11.8 Å². The van der Waals surface area contributed by atoms with E-state index in [1.807, 2.05) is 20.0 Å². The van der Waals surface area contributed by atoms with Crippen LogP contribution in [0.5, 0.6) is 6.01 Å². The summed E-state index contributed by atoms with van der Waals surface area (Å²) in [6, 6.07) is 1.69. The van der Waals surface area contributed by atoms with Gasteiger partial charge in [-0.2, -0.15) is 10.1 Å². The maximum atomic E-state index is 12.6. The van der Waals surface area contributed by atoms with E-state index in [2.05, 4.69) is 20.4 Å². The van der Waals surface area contributed by atoms with Crippen molar-refractivity contribution < 1.29 is 9.53 Å². The summed E-state index contributed by atoms with van der Waals surface area (Å²) in [4.78, 5) is 22.4. The molecular weight excluding hydrogens is 320 g/mol. The van der Waals surface area contributed by atoms with Crippen LogP contribution in [-0.4, -0.2) is 45.4 Å². The van der Waals surface area contributed by atoms with Crippen molar-refractivity contribution in [1.29, 1.82) is 0 Å². The van der Waals surface area contributed by atoms with Crippen molar-refractivity contribution in [2.75, 3.05) is 23.9 Å². The Hall–Kier alpha value is -2.35. The third-order valence-corrected chi connectivity index (χ3v) is 3.95. The highest BCUT2D eigenvalue weighted by molar-refractivity contribution is 6.32. The van der Waals surface area contributed by atoms with Crippen molar-refractivity contribution in [2.45, 2.75) is 19.4 Å². The van der Waals surface area contributed by atoms with Crippen LogP contribution >= 0.6 is 11.6 Å². The summed E-state index contributed by atoms with van der Waals surface area (Å²) in [6.45, 7) is 2.50. The van der Waals surface area contributed by atoms with Gasteiger partial charge in [0.1, 0.15) is 16.9 Å². The Labute approximate surface area is 138 Å². The molecule has 1 N–H and O–H groups in total. The van der Waals surface area contributed by atoms with E-state index < -0.39 is 6.04 Å². The van der Waals surface area contributed by atoms with Crippen molar-refractivity contribution in [3.63, 3.8) is 0 Å². The Kier molecular flexibility index (Phi) is 4.08. The number of aryl methyl sites for hydroxylation is 2. The summed E-state index contributed by atoms with van der Waals surface area (Å²) in [5.41, 5.74) is 0.871. The highest BCUT2D eigenvalue weighted by Gasteiger charge is 2.34.